The highest BCUT2D eigenvalue weighted by atomic mass is 16.5. The van der Waals surface area contributed by atoms with Crippen LogP contribution in [0.5, 0.6) is 0 Å². The number of aliphatic carboxylic acids is 1. The number of carbonyl (C=O) groups excluding carboxylic acids is 1. The molecule has 1 aliphatic heterocycles. The van der Waals surface area contributed by atoms with Crippen LogP contribution in [0.2, 0.25) is 0 Å². The second kappa shape index (κ2) is 6.91. The Morgan fingerprint density at radius 1 is 1.15 bits per heavy atom. The lowest BCUT2D eigenvalue weighted by molar-refractivity contribution is -0.143. The number of nitrogens with one attached hydrogen (secondary N) is 1. The van der Waals surface area contributed by atoms with E-state index in [0.717, 1.165) is 18.8 Å². The normalized spacial score (nSPS) is 14.3. The standard InChI is InChI=1S/C14H18N2O4/c17-13(9-20-10-14(18)19)15-11-3-5-12(6-4-11)16-7-1-2-8-16/h3-6H,1-2,7-10H2,(H,15,17)(H,18,19). The molecule has 0 spiro atoms. The van der Waals surface area contributed by atoms with Crippen molar-refractivity contribution in [3.8, 4) is 0 Å². The Morgan fingerprint density at radius 2 is 1.80 bits per heavy atom. The van der Waals surface area contributed by atoms with Crippen LogP contribution in [0.15, 0.2) is 24.3 Å². The topological polar surface area (TPSA) is 78.9 Å². The van der Waals surface area contributed by atoms with E-state index in [2.05, 4.69) is 10.2 Å². The number of benzene rings is 1. The van der Waals surface area contributed by atoms with Gasteiger partial charge in [-0.3, -0.25) is 4.79 Å². The third kappa shape index (κ3) is 4.24. The summed E-state index contributed by atoms with van der Waals surface area (Å²) in [5.41, 5.74) is 1.83. The van der Waals surface area contributed by atoms with Crippen molar-refractivity contribution in [3.63, 3.8) is 0 Å². The fourth-order valence-electron chi connectivity index (χ4n) is 2.16. The van der Waals surface area contributed by atoms with E-state index in [1.807, 2.05) is 24.3 Å². The molecule has 2 N–H and O–H groups in total. The smallest absolute Gasteiger partial charge is 0.329 e. The first-order valence-corrected chi connectivity index (χ1v) is 6.59. The van der Waals surface area contributed by atoms with E-state index in [0.29, 0.717) is 5.69 Å². The number of amides is 1. The average molecular weight is 278 g/mol. The maximum Gasteiger partial charge on any atom is 0.329 e. The van der Waals surface area contributed by atoms with Gasteiger partial charge in [0.05, 0.1) is 0 Å². The zero-order chi connectivity index (χ0) is 14.4. The molecular weight excluding hydrogens is 260 g/mol. The van der Waals surface area contributed by atoms with Crippen LogP contribution in [-0.2, 0) is 14.3 Å². The molecule has 1 aliphatic rings. The molecule has 0 radical (unpaired) electrons. The summed E-state index contributed by atoms with van der Waals surface area (Å²) in [6.45, 7) is 1.42. The monoisotopic (exact) mass is 278 g/mol. The Kier molecular flexibility index (Phi) is 4.95. The van der Waals surface area contributed by atoms with E-state index in [-0.39, 0.29) is 12.5 Å². The molecule has 6 heteroatoms. The van der Waals surface area contributed by atoms with Crippen molar-refractivity contribution in [2.24, 2.45) is 0 Å². The summed E-state index contributed by atoms with van der Waals surface area (Å²) >= 11 is 0. The van der Waals surface area contributed by atoms with E-state index < -0.39 is 12.6 Å². The van der Waals surface area contributed by atoms with E-state index in [4.69, 9.17) is 9.84 Å². The van der Waals surface area contributed by atoms with Crippen molar-refractivity contribution < 1.29 is 19.4 Å². The number of carboxylic acid groups (broad SMARTS) is 1. The molecule has 2 rings (SSSR count). The summed E-state index contributed by atoms with van der Waals surface area (Å²) in [6.07, 6.45) is 2.44. The number of carbonyl (C=O) groups is 2. The van der Waals surface area contributed by atoms with Gasteiger partial charge in [0.2, 0.25) is 5.91 Å². The third-order valence-electron chi connectivity index (χ3n) is 3.08. The molecule has 1 aromatic rings. The van der Waals surface area contributed by atoms with Gasteiger partial charge in [-0.2, -0.15) is 0 Å². The molecule has 0 bridgehead atoms. The van der Waals surface area contributed by atoms with Crippen molar-refractivity contribution in [1.82, 2.24) is 0 Å². The van der Waals surface area contributed by atoms with Crippen molar-refractivity contribution in [2.75, 3.05) is 36.5 Å². The zero-order valence-corrected chi connectivity index (χ0v) is 11.2. The summed E-state index contributed by atoms with van der Waals surface area (Å²) in [6, 6.07) is 7.61. The van der Waals surface area contributed by atoms with Gasteiger partial charge in [0.15, 0.2) is 0 Å². The molecule has 0 aliphatic carbocycles. The number of hydrogen-bond donors (Lipinski definition) is 2. The number of ether oxygens (including phenoxy) is 1. The van der Waals surface area contributed by atoms with Crippen LogP contribution in [0, 0.1) is 0 Å². The fourth-order valence-corrected chi connectivity index (χ4v) is 2.16. The zero-order valence-electron chi connectivity index (χ0n) is 11.2. The first-order valence-electron chi connectivity index (χ1n) is 6.59. The highest BCUT2D eigenvalue weighted by molar-refractivity contribution is 5.92. The van der Waals surface area contributed by atoms with E-state index in [1.54, 1.807) is 0 Å². The quantitative estimate of drug-likeness (QED) is 0.820. The van der Waals surface area contributed by atoms with Gasteiger partial charge in [-0.05, 0) is 37.1 Å². The van der Waals surface area contributed by atoms with E-state index >= 15 is 0 Å². The minimum atomic E-state index is -1.09. The average Bonchev–Trinajstić information content (AvgIpc) is 2.93. The molecule has 1 saturated heterocycles. The Bertz CT molecular complexity index is 467. The molecule has 20 heavy (non-hydrogen) atoms. The van der Waals surface area contributed by atoms with Gasteiger partial charge in [-0.1, -0.05) is 0 Å². The fraction of sp³-hybridized carbons (Fsp3) is 0.429. The lowest BCUT2D eigenvalue weighted by atomic mass is 10.2. The number of hydrogen-bond acceptors (Lipinski definition) is 4. The van der Waals surface area contributed by atoms with Gasteiger partial charge in [0.1, 0.15) is 13.2 Å². The van der Waals surface area contributed by atoms with Crippen LogP contribution in [0.4, 0.5) is 11.4 Å². The Morgan fingerprint density at radius 3 is 2.40 bits per heavy atom. The summed E-state index contributed by atoms with van der Waals surface area (Å²) in [5.74, 6) is -1.45. The van der Waals surface area contributed by atoms with Crippen LogP contribution < -0.4 is 10.2 Å². The summed E-state index contributed by atoms with van der Waals surface area (Å²) in [5, 5.41) is 11.0. The second-order valence-corrected chi connectivity index (χ2v) is 4.68. The molecular formula is C14H18N2O4. The lowest BCUT2D eigenvalue weighted by Gasteiger charge is -2.17. The van der Waals surface area contributed by atoms with Gasteiger partial charge in [0, 0.05) is 24.5 Å². The number of nitrogens with zero attached hydrogens (tertiary/aromatic N) is 1. The van der Waals surface area contributed by atoms with Gasteiger partial charge in [-0.25, -0.2) is 4.79 Å². The van der Waals surface area contributed by atoms with Crippen molar-refractivity contribution in [1.29, 1.82) is 0 Å². The SMILES string of the molecule is O=C(O)COCC(=O)Nc1ccc(N2CCCC2)cc1. The predicted molar refractivity (Wildman–Crippen MR) is 75.0 cm³/mol. The highest BCUT2D eigenvalue weighted by Gasteiger charge is 2.12. The Labute approximate surface area is 117 Å². The van der Waals surface area contributed by atoms with Crippen molar-refractivity contribution in [2.45, 2.75) is 12.8 Å². The van der Waals surface area contributed by atoms with Gasteiger partial charge in [0.25, 0.3) is 0 Å². The minimum Gasteiger partial charge on any atom is -0.480 e. The third-order valence-corrected chi connectivity index (χ3v) is 3.08. The number of rotatable bonds is 6. The minimum absolute atomic E-state index is 0.264. The van der Waals surface area contributed by atoms with Crippen LogP contribution in [0.25, 0.3) is 0 Å². The van der Waals surface area contributed by atoms with Gasteiger partial charge < -0.3 is 20.1 Å². The molecule has 0 aromatic heterocycles. The van der Waals surface area contributed by atoms with E-state index in [1.165, 1.54) is 12.8 Å². The molecule has 0 saturated carbocycles. The largest absolute Gasteiger partial charge is 0.480 e. The van der Waals surface area contributed by atoms with Crippen molar-refractivity contribution in [3.05, 3.63) is 24.3 Å². The highest BCUT2D eigenvalue weighted by Crippen LogP contribution is 2.21. The van der Waals surface area contributed by atoms with Crippen molar-refractivity contribution >= 4 is 23.3 Å². The maximum atomic E-state index is 11.5. The summed E-state index contributed by atoms with van der Waals surface area (Å²) in [7, 11) is 0. The molecule has 108 valence electrons. The summed E-state index contributed by atoms with van der Waals surface area (Å²) < 4.78 is 4.71. The van der Waals surface area contributed by atoms with Crippen LogP contribution in [0.1, 0.15) is 12.8 Å². The number of carboxylic acids is 1. The molecule has 0 atom stereocenters. The van der Waals surface area contributed by atoms with E-state index in [9.17, 15) is 9.59 Å². The van der Waals surface area contributed by atoms with Gasteiger partial charge >= 0.3 is 5.97 Å². The van der Waals surface area contributed by atoms with Crippen LogP contribution >= 0.6 is 0 Å². The lowest BCUT2D eigenvalue weighted by Crippen LogP contribution is -2.21. The van der Waals surface area contributed by atoms with Crippen LogP contribution in [-0.4, -0.2) is 43.3 Å². The molecule has 1 amide bonds. The first kappa shape index (κ1) is 14.3. The molecule has 0 unspecified atom stereocenters. The number of anilines is 2. The molecule has 1 aromatic carbocycles. The van der Waals surface area contributed by atoms with Crippen LogP contribution in [0.3, 0.4) is 0 Å². The first-order chi connectivity index (χ1) is 9.65. The Balaban J connectivity index is 1.80. The molecule has 1 heterocycles. The molecule has 6 nitrogen and oxygen atoms in total. The summed E-state index contributed by atoms with van der Waals surface area (Å²) in [4.78, 5) is 24.0. The molecule has 1 fully saturated rings. The predicted octanol–water partition coefficient (Wildman–Crippen LogP) is 1.33. The second-order valence-electron chi connectivity index (χ2n) is 4.68. The Hall–Kier alpha value is -2.08. The van der Waals surface area contributed by atoms with Gasteiger partial charge in [-0.15, -0.1) is 0 Å². The maximum absolute atomic E-state index is 11.5.